The van der Waals surface area contributed by atoms with E-state index in [1.54, 1.807) is 18.3 Å². The van der Waals surface area contributed by atoms with E-state index >= 15 is 0 Å². The van der Waals surface area contributed by atoms with Crippen LogP contribution >= 0.6 is 0 Å². The standard InChI is InChI=1S/C20H24FN5O4/c1-2-4-15(18(21)28)23-20(30)24-16-5-3-9-26(19(16)29)13-6-7-17(22-11-13)25-10-8-14(27)12-25/h2,4,6-7,11,14,16,27H,1,3,5,8-10,12H2,(H2,23,24,30)/b15-4+/t14-,16-/m1/s1. The lowest BCUT2D eigenvalue weighted by Crippen LogP contribution is -2.54. The topological polar surface area (TPSA) is 115 Å². The van der Waals surface area contributed by atoms with Gasteiger partial charge in [-0.15, -0.1) is 0 Å². The van der Waals surface area contributed by atoms with Gasteiger partial charge in [-0.05, 0) is 37.5 Å². The average Bonchev–Trinajstić information content (AvgIpc) is 3.16. The van der Waals surface area contributed by atoms with E-state index in [-0.39, 0.29) is 12.0 Å². The number of piperidine rings is 1. The molecule has 0 aromatic carbocycles. The minimum atomic E-state index is -1.81. The fourth-order valence-corrected chi connectivity index (χ4v) is 3.53. The fraction of sp³-hybridized carbons (Fsp3) is 0.400. The molecule has 10 heteroatoms. The second-order valence-corrected chi connectivity index (χ2v) is 7.14. The van der Waals surface area contributed by atoms with Crippen LogP contribution in [0.3, 0.4) is 0 Å². The molecular formula is C20H24FN5O4. The Balaban J connectivity index is 1.63. The highest BCUT2D eigenvalue weighted by Gasteiger charge is 2.31. The van der Waals surface area contributed by atoms with Gasteiger partial charge in [-0.2, -0.15) is 4.39 Å². The Morgan fingerprint density at radius 2 is 2.10 bits per heavy atom. The molecule has 3 rings (SSSR count). The summed E-state index contributed by atoms with van der Waals surface area (Å²) in [6.45, 7) is 5.08. The first-order chi connectivity index (χ1) is 14.4. The molecule has 2 saturated heterocycles. The molecule has 0 spiro atoms. The van der Waals surface area contributed by atoms with Crippen molar-refractivity contribution in [3.63, 3.8) is 0 Å². The molecule has 0 bridgehead atoms. The van der Waals surface area contributed by atoms with Crippen LogP contribution in [-0.2, 0) is 9.59 Å². The highest BCUT2D eigenvalue weighted by molar-refractivity contribution is 6.00. The third kappa shape index (κ3) is 5.01. The van der Waals surface area contributed by atoms with Crippen LogP contribution in [0.1, 0.15) is 19.3 Å². The Morgan fingerprint density at radius 3 is 2.70 bits per heavy atom. The van der Waals surface area contributed by atoms with Crippen molar-refractivity contribution in [2.75, 3.05) is 29.4 Å². The van der Waals surface area contributed by atoms with Gasteiger partial charge in [0.05, 0.1) is 18.0 Å². The number of rotatable bonds is 6. The van der Waals surface area contributed by atoms with Crippen molar-refractivity contribution < 1.29 is 23.9 Å². The highest BCUT2D eigenvalue weighted by atomic mass is 19.1. The molecule has 2 aliphatic heterocycles. The van der Waals surface area contributed by atoms with Crippen molar-refractivity contribution in [2.45, 2.75) is 31.4 Å². The minimum Gasteiger partial charge on any atom is -0.391 e. The Kier molecular flexibility index (Phi) is 6.78. The Bertz CT molecular complexity index is 857. The van der Waals surface area contributed by atoms with Gasteiger partial charge in [0.1, 0.15) is 17.6 Å². The summed E-state index contributed by atoms with van der Waals surface area (Å²) in [6.07, 6.45) is 5.19. The molecule has 160 valence electrons. The monoisotopic (exact) mass is 417 g/mol. The molecule has 1 aromatic heterocycles. The van der Waals surface area contributed by atoms with Gasteiger partial charge in [-0.3, -0.25) is 9.59 Å². The van der Waals surface area contributed by atoms with Gasteiger partial charge >= 0.3 is 12.1 Å². The van der Waals surface area contributed by atoms with Gasteiger partial charge in [0.25, 0.3) is 0 Å². The molecule has 30 heavy (non-hydrogen) atoms. The number of allylic oxidation sites excluding steroid dienone is 3. The molecule has 3 N–H and O–H groups in total. The van der Waals surface area contributed by atoms with Gasteiger partial charge in [0, 0.05) is 19.6 Å². The number of β-amino-alcohol motifs (C(OH)–C–C–N with tert-alkyl or cyclic N) is 1. The van der Waals surface area contributed by atoms with Crippen LogP contribution in [0, 0.1) is 0 Å². The fourth-order valence-electron chi connectivity index (χ4n) is 3.53. The normalized spacial score (nSPS) is 22.1. The quantitative estimate of drug-likeness (QED) is 0.362. The minimum absolute atomic E-state index is 0.316. The van der Waals surface area contributed by atoms with Crippen LogP contribution in [0.2, 0.25) is 0 Å². The zero-order chi connectivity index (χ0) is 21.7. The Hall–Kier alpha value is -3.27. The third-order valence-corrected chi connectivity index (χ3v) is 5.02. The van der Waals surface area contributed by atoms with Crippen LogP contribution < -0.4 is 20.4 Å². The van der Waals surface area contributed by atoms with Crippen LogP contribution in [0.5, 0.6) is 0 Å². The SMILES string of the molecule is C=C/C=C(/NC(=O)N[C@@H]1CCCN(c2ccc(N3CC[C@@H](O)C3)nc2)C1=O)C(=O)F. The van der Waals surface area contributed by atoms with E-state index in [0.717, 1.165) is 18.4 Å². The summed E-state index contributed by atoms with van der Waals surface area (Å²) < 4.78 is 12.9. The first-order valence-corrected chi connectivity index (χ1v) is 9.69. The molecule has 3 heterocycles. The summed E-state index contributed by atoms with van der Waals surface area (Å²) >= 11 is 0. The number of hydrogen-bond acceptors (Lipinski definition) is 6. The highest BCUT2D eigenvalue weighted by Crippen LogP contribution is 2.24. The second kappa shape index (κ2) is 9.49. The van der Waals surface area contributed by atoms with E-state index in [2.05, 4.69) is 22.2 Å². The van der Waals surface area contributed by atoms with Gasteiger partial charge in [0.15, 0.2) is 0 Å². The smallest absolute Gasteiger partial charge is 0.348 e. The van der Waals surface area contributed by atoms with E-state index in [4.69, 9.17) is 0 Å². The largest absolute Gasteiger partial charge is 0.391 e. The molecule has 3 amide bonds. The number of anilines is 2. The van der Waals surface area contributed by atoms with E-state index in [1.807, 2.05) is 4.90 Å². The molecular weight excluding hydrogens is 393 g/mol. The number of aliphatic hydroxyl groups excluding tert-OH is 1. The number of amides is 3. The van der Waals surface area contributed by atoms with E-state index in [0.29, 0.717) is 38.0 Å². The van der Waals surface area contributed by atoms with Crippen molar-refractivity contribution in [3.05, 3.63) is 42.8 Å². The van der Waals surface area contributed by atoms with E-state index in [1.165, 1.54) is 11.0 Å². The van der Waals surface area contributed by atoms with Crippen molar-refractivity contribution in [2.24, 2.45) is 0 Å². The van der Waals surface area contributed by atoms with Crippen LogP contribution in [0.15, 0.2) is 42.8 Å². The summed E-state index contributed by atoms with van der Waals surface area (Å²) in [6, 6.07) is 0.101. The number of urea groups is 1. The summed E-state index contributed by atoms with van der Waals surface area (Å²) in [5.41, 5.74) is 0.0380. The van der Waals surface area contributed by atoms with E-state index < -0.39 is 23.8 Å². The zero-order valence-electron chi connectivity index (χ0n) is 16.4. The summed E-state index contributed by atoms with van der Waals surface area (Å²) in [4.78, 5) is 43.7. The van der Waals surface area contributed by atoms with Crippen molar-refractivity contribution in [1.29, 1.82) is 0 Å². The number of nitrogens with one attached hydrogen (secondary N) is 2. The van der Waals surface area contributed by atoms with Crippen LogP contribution in [0.4, 0.5) is 20.7 Å². The maximum atomic E-state index is 12.9. The lowest BCUT2D eigenvalue weighted by atomic mass is 10.0. The third-order valence-electron chi connectivity index (χ3n) is 5.02. The number of halogens is 1. The van der Waals surface area contributed by atoms with Gasteiger partial charge in [-0.1, -0.05) is 12.7 Å². The molecule has 1 aromatic rings. The lowest BCUT2D eigenvalue weighted by Gasteiger charge is -2.32. The summed E-state index contributed by atoms with van der Waals surface area (Å²) in [7, 11) is 0. The van der Waals surface area contributed by atoms with Crippen molar-refractivity contribution >= 4 is 29.5 Å². The lowest BCUT2D eigenvalue weighted by molar-refractivity contribution is -0.125. The number of hydrogen-bond donors (Lipinski definition) is 3. The van der Waals surface area contributed by atoms with Gasteiger partial charge < -0.3 is 25.5 Å². The molecule has 0 unspecified atom stereocenters. The Morgan fingerprint density at radius 1 is 1.30 bits per heavy atom. The van der Waals surface area contributed by atoms with Gasteiger partial charge in [0.2, 0.25) is 5.91 Å². The second-order valence-electron chi connectivity index (χ2n) is 7.14. The number of carbonyl (C=O) groups is 3. The number of nitrogens with zero attached hydrogens (tertiary/aromatic N) is 3. The number of aliphatic hydroxyl groups is 1. The van der Waals surface area contributed by atoms with Crippen LogP contribution in [0.25, 0.3) is 0 Å². The first kappa shape index (κ1) is 21.4. The zero-order valence-corrected chi connectivity index (χ0v) is 16.4. The molecule has 2 atom stereocenters. The summed E-state index contributed by atoms with van der Waals surface area (Å²) in [5.74, 6) is 0.412. The number of carbonyl (C=O) groups excluding carboxylic acids is 3. The molecule has 2 aliphatic rings. The van der Waals surface area contributed by atoms with E-state index in [9.17, 15) is 23.9 Å². The molecule has 2 fully saturated rings. The number of aromatic nitrogens is 1. The predicted octanol–water partition coefficient (Wildman–Crippen LogP) is 1.01. The van der Waals surface area contributed by atoms with Crippen molar-refractivity contribution in [3.8, 4) is 0 Å². The van der Waals surface area contributed by atoms with Gasteiger partial charge in [-0.25, -0.2) is 9.78 Å². The average molecular weight is 417 g/mol. The molecule has 0 aliphatic carbocycles. The van der Waals surface area contributed by atoms with Crippen molar-refractivity contribution in [1.82, 2.24) is 15.6 Å². The Labute approximate surface area is 173 Å². The first-order valence-electron chi connectivity index (χ1n) is 9.69. The number of pyridine rings is 1. The summed E-state index contributed by atoms with van der Waals surface area (Å²) in [5, 5.41) is 14.2. The molecule has 0 radical (unpaired) electrons. The maximum Gasteiger partial charge on any atom is 0.348 e. The predicted molar refractivity (Wildman–Crippen MR) is 109 cm³/mol. The van der Waals surface area contributed by atoms with Crippen LogP contribution in [-0.4, -0.2) is 59.8 Å². The maximum absolute atomic E-state index is 12.9. The molecule has 9 nitrogen and oxygen atoms in total. The molecule has 0 saturated carbocycles.